The van der Waals surface area contributed by atoms with E-state index in [9.17, 15) is 14.3 Å². The van der Waals surface area contributed by atoms with Gasteiger partial charge in [0.25, 0.3) is 5.56 Å². The summed E-state index contributed by atoms with van der Waals surface area (Å²) in [5.74, 6) is 0. The van der Waals surface area contributed by atoms with Gasteiger partial charge in [0.1, 0.15) is 12.2 Å². The average molecular weight is 290 g/mol. The van der Waals surface area contributed by atoms with Crippen LogP contribution in [0.25, 0.3) is 0 Å². The lowest BCUT2D eigenvalue weighted by Gasteiger charge is -2.25. The number of hydrogen-bond donors (Lipinski definition) is 3. The van der Waals surface area contributed by atoms with Crippen molar-refractivity contribution in [3.63, 3.8) is 0 Å². The van der Waals surface area contributed by atoms with Crippen LogP contribution in [0.5, 0.6) is 0 Å². The first kappa shape index (κ1) is 14.3. The Bertz CT molecular complexity index is 597. The fraction of sp³-hybridized carbons (Fsp3) is 0.636. The topological polar surface area (TPSA) is 87.5 Å². The minimum Gasteiger partial charge on any atom is -0.394 e. The van der Waals surface area contributed by atoms with Crippen LogP contribution in [0.3, 0.4) is 0 Å². The molecular weight excluding hydrogens is 275 g/mol. The smallest absolute Gasteiger partial charge is 0.254 e. The molecule has 2 heterocycles. The molecule has 0 saturated carbocycles. The van der Waals surface area contributed by atoms with Crippen LogP contribution in [-0.4, -0.2) is 44.2 Å². The van der Waals surface area contributed by atoms with Crippen LogP contribution in [0.2, 0.25) is 0 Å². The van der Waals surface area contributed by atoms with Crippen molar-refractivity contribution in [1.82, 2.24) is 9.55 Å². The highest BCUT2D eigenvalue weighted by Gasteiger charge is 2.54. The molecule has 6 nitrogen and oxygen atoms in total. The molecule has 2 rings (SSSR count). The summed E-state index contributed by atoms with van der Waals surface area (Å²) in [6.45, 7) is 2.21. The second-order valence-corrected chi connectivity index (χ2v) is 5.17. The van der Waals surface area contributed by atoms with E-state index in [0.29, 0.717) is 5.56 Å². The summed E-state index contributed by atoms with van der Waals surface area (Å²) in [5, 5.41) is 18.8. The maximum Gasteiger partial charge on any atom is 0.254 e. The van der Waals surface area contributed by atoms with Gasteiger partial charge in [-0.25, -0.2) is 4.39 Å². The predicted octanol–water partition coefficient (Wildman–Crippen LogP) is 0.193. The number of aliphatic hydroxyl groups is 2. The Labute approximate surface area is 113 Å². The van der Waals surface area contributed by atoms with E-state index >= 15 is 0 Å². The van der Waals surface area contributed by atoms with Crippen LogP contribution in [0.4, 0.5) is 4.39 Å². The van der Waals surface area contributed by atoms with Crippen molar-refractivity contribution in [2.75, 3.05) is 6.61 Å². The monoisotopic (exact) mass is 290 g/mol. The van der Waals surface area contributed by atoms with Crippen molar-refractivity contribution in [3.8, 4) is 0 Å². The molecule has 8 heteroatoms. The maximum absolute atomic E-state index is 14.6. The molecule has 106 valence electrons. The molecule has 0 radical (unpaired) electrons. The fourth-order valence-corrected chi connectivity index (χ4v) is 2.36. The minimum absolute atomic E-state index is 0.00438. The van der Waals surface area contributed by atoms with Crippen molar-refractivity contribution in [1.29, 1.82) is 0 Å². The number of halogens is 1. The second kappa shape index (κ2) is 4.78. The standard InChI is InChI=1S/C11H15FN2O4S/c1-5-3-14(10(19)13-8(5)17)9-11(2,12)7(16)6(4-15)18-9/h3,6-7,9,15-16H,4H2,1-2H3,(H,13,17,19)/t6-,7?,9-,11?/m1/s1. The summed E-state index contributed by atoms with van der Waals surface area (Å²) in [4.78, 5) is 13.8. The first-order valence-corrected chi connectivity index (χ1v) is 6.15. The van der Waals surface area contributed by atoms with Crippen molar-refractivity contribution in [3.05, 3.63) is 26.9 Å². The molecule has 1 fully saturated rings. The van der Waals surface area contributed by atoms with Gasteiger partial charge in [-0.2, -0.15) is 0 Å². The zero-order valence-corrected chi connectivity index (χ0v) is 11.3. The van der Waals surface area contributed by atoms with Gasteiger partial charge in [0.05, 0.1) is 6.61 Å². The molecule has 1 aliphatic rings. The van der Waals surface area contributed by atoms with E-state index in [1.165, 1.54) is 17.7 Å². The van der Waals surface area contributed by atoms with Gasteiger partial charge in [-0.1, -0.05) is 0 Å². The van der Waals surface area contributed by atoms with E-state index in [4.69, 9.17) is 22.1 Å². The van der Waals surface area contributed by atoms with Crippen LogP contribution in [-0.2, 0) is 4.74 Å². The van der Waals surface area contributed by atoms with E-state index in [0.717, 1.165) is 0 Å². The number of nitrogens with one attached hydrogen (secondary N) is 1. The molecule has 3 N–H and O–H groups in total. The van der Waals surface area contributed by atoms with Gasteiger partial charge < -0.3 is 14.9 Å². The normalized spacial score (nSPS) is 34.7. The molecule has 1 saturated heterocycles. The first-order chi connectivity index (χ1) is 8.78. The average Bonchev–Trinajstić information content (AvgIpc) is 2.56. The SMILES string of the molecule is Cc1cn([C@@H]2O[C@H](CO)C(O)C2(C)F)c(=S)[nH]c1=O. The number of aryl methyl sites for hydroxylation is 1. The number of alkyl halides is 1. The number of aromatic nitrogens is 2. The third-order valence-electron chi connectivity index (χ3n) is 3.30. The third kappa shape index (κ3) is 2.25. The lowest BCUT2D eigenvalue weighted by molar-refractivity contribution is -0.0602. The predicted molar refractivity (Wildman–Crippen MR) is 67.1 cm³/mol. The Hall–Kier alpha value is -1.09. The first-order valence-electron chi connectivity index (χ1n) is 5.74. The quantitative estimate of drug-likeness (QED) is 0.677. The van der Waals surface area contributed by atoms with Crippen LogP contribution >= 0.6 is 12.2 Å². The van der Waals surface area contributed by atoms with Gasteiger partial charge in [-0.05, 0) is 26.1 Å². The summed E-state index contributed by atoms with van der Waals surface area (Å²) in [6.07, 6.45) is -2.34. The second-order valence-electron chi connectivity index (χ2n) is 4.78. The lowest BCUT2D eigenvalue weighted by Crippen LogP contribution is -2.41. The summed E-state index contributed by atoms with van der Waals surface area (Å²) in [5.41, 5.74) is -2.15. The van der Waals surface area contributed by atoms with Crippen molar-refractivity contribution in [2.24, 2.45) is 0 Å². The van der Waals surface area contributed by atoms with Gasteiger partial charge in [0, 0.05) is 11.8 Å². The molecule has 0 aromatic carbocycles. The Kier molecular flexibility index (Phi) is 3.61. The molecule has 0 aliphatic carbocycles. The van der Waals surface area contributed by atoms with Crippen LogP contribution in [0.1, 0.15) is 18.7 Å². The zero-order valence-electron chi connectivity index (χ0n) is 10.5. The molecule has 4 atom stereocenters. The van der Waals surface area contributed by atoms with Gasteiger partial charge in [0.2, 0.25) is 0 Å². The molecular formula is C11H15FN2O4S. The van der Waals surface area contributed by atoms with Crippen LogP contribution in [0.15, 0.2) is 11.0 Å². The number of rotatable bonds is 2. The largest absolute Gasteiger partial charge is 0.394 e. The molecule has 1 aliphatic heterocycles. The number of aromatic amines is 1. The van der Waals surface area contributed by atoms with E-state index in [1.54, 1.807) is 6.92 Å². The number of aliphatic hydroxyl groups excluding tert-OH is 2. The van der Waals surface area contributed by atoms with E-state index in [2.05, 4.69) is 4.98 Å². The van der Waals surface area contributed by atoms with E-state index < -0.39 is 30.7 Å². The number of nitrogens with zero attached hydrogens (tertiary/aromatic N) is 1. The molecule has 1 aromatic heterocycles. The molecule has 19 heavy (non-hydrogen) atoms. The summed E-state index contributed by atoms with van der Waals surface area (Å²) in [7, 11) is 0. The van der Waals surface area contributed by atoms with Crippen molar-refractivity contribution in [2.45, 2.75) is 38.0 Å². The Morgan fingerprint density at radius 3 is 2.84 bits per heavy atom. The number of hydrogen-bond acceptors (Lipinski definition) is 5. The highest BCUT2D eigenvalue weighted by molar-refractivity contribution is 7.71. The molecule has 0 amide bonds. The van der Waals surface area contributed by atoms with E-state index in [1.807, 2.05) is 0 Å². The van der Waals surface area contributed by atoms with E-state index in [-0.39, 0.29) is 10.3 Å². The lowest BCUT2D eigenvalue weighted by atomic mass is 9.98. The molecule has 0 spiro atoms. The Morgan fingerprint density at radius 2 is 2.32 bits per heavy atom. The van der Waals surface area contributed by atoms with Gasteiger partial charge in [-0.15, -0.1) is 0 Å². The summed E-state index contributed by atoms with van der Waals surface area (Å²) in [6, 6.07) is 0. The van der Waals surface area contributed by atoms with Gasteiger partial charge in [-0.3, -0.25) is 14.3 Å². The third-order valence-corrected chi connectivity index (χ3v) is 3.61. The maximum atomic E-state index is 14.6. The van der Waals surface area contributed by atoms with Crippen LogP contribution < -0.4 is 5.56 Å². The number of H-pyrrole nitrogens is 1. The Balaban J connectivity index is 2.51. The summed E-state index contributed by atoms with van der Waals surface area (Å²) < 4.78 is 21.1. The fourth-order valence-electron chi connectivity index (χ4n) is 2.12. The molecule has 0 bridgehead atoms. The van der Waals surface area contributed by atoms with Gasteiger partial charge >= 0.3 is 0 Å². The molecule has 1 aromatic rings. The van der Waals surface area contributed by atoms with Gasteiger partial charge in [0.15, 0.2) is 16.7 Å². The number of ether oxygens (including phenoxy) is 1. The minimum atomic E-state index is -2.13. The van der Waals surface area contributed by atoms with Crippen LogP contribution in [0, 0.1) is 11.7 Å². The highest BCUT2D eigenvalue weighted by atomic mass is 32.1. The summed E-state index contributed by atoms with van der Waals surface area (Å²) >= 11 is 4.97. The van der Waals surface area contributed by atoms with Crippen molar-refractivity contribution >= 4 is 12.2 Å². The molecule has 2 unspecified atom stereocenters. The van der Waals surface area contributed by atoms with Crippen molar-refractivity contribution < 1.29 is 19.3 Å². The zero-order chi connectivity index (χ0) is 14.4. The highest BCUT2D eigenvalue weighted by Crippen LogP contribution is 2.41. The Morgan fingerprint density at radius 1 is 1.68 bits per heavy atom.